The molecule has 1 N–H and O–H groups in total. The first-order chi connectivity index (χ1) is 10.3. The summed E-state index contributed by atoms with van der Waals surface area (Å²) in [5.74, 6) is 1.22. The molecule has 0 atom stereocenters. The van der Waals surface area contributed by atoms with Crippen LogP contribution in [0.2, 0.25) is 0 Å². The van der Waals surface area contributed by atoms with Crippen molar-refractivity contribution in [1.29, 1.82) is 0 Å². The van der Waals surface area contributed by atoms with Gasteiger partial charge in [0.1, 0.15) is 5.82 Å². The molecular weight excluding hydrogens is 258 g/mol. The SMILES string of the molecule is CCCCc1nn(-c2ccc(C)cc2)c2c1CCCCN2. The maximum atomic E-state index is 4.93. The molecule has 1 aromatic carbocycles. The number of nitrogens with one attached hydrogen (secondary N) is 1. The van der Waals surface area contributed by atoms with E-state index < -0.39 is 0 Å². The molecule has 0 radical (unpaired) electrons. The molecular formula is C18H25N3. The van der Waals surface area contributed by atoms with Gasteiger partial charge < -0.3 is 5.32 Å². The third-order valence-electron chi connectivity index (χ3n) is 4.26. The number of unbranched alkanes of at least 4 members (excludes halogenated alkanes) is 1. The number of aryl methyl sites for hydroxylation is 2. The maximum absolute atomic E-state index is 4.93. The summed E-state index contributed by atoms with van der Waals surface area (Å²) < 4.78 is 2.12. The average molecular weight is 283 g/mol. The molecule has 0 amide bonds. The molecule has 0 bridgehead atoms. The fraction of sp³-hybridized carbons (Fsp3) is 0.500. The van der Waals surface area contributed by atoms with Gasteiger partial charge in [0.2, 0.25) is 0 Å². The van der Waals surface area contributed by atoms with Crippen molar-refractivity contribution in [2.75, 3.05) is 11.9 Å². The van der Waals surface area contributed by atoms with Crippen molar-refractivity contribution >= 4 is 5.82 Å². The molecule has 0 unspecified atom stereocenters. The van der Waals surface area contributed by atoms with E-state index in [1.807, 2.05) is 0 Å². The Morgan fingerprint density at radius 3 is 2.76 bits per heavy atom. The minimum absolute atomic E-state index is 1.05. The van der Waals surface area contributed by atoms with Crippen LogP contribution < -0.4 is 5.32 Å². The van der Waals surface area contributed by atoms with Gasteiger partial charge in [-0.1, -0.05) is 31.0 Å². The number of anilines is 1. The molecule has 0 aliphatic carbocycles. The highest BCUT2D eigenvalue weighted by Crippen LogP contribution is 2.29. The van der Waals surface area contributed by atoms with Crippen LogP contribution in [-0.4, -0.2) is 16.3 Å². The molecule has 3 heteroatoms. The summed E-state index contributed by atoms with van der Waals surface area (Å²) in [5, 5.41) is 8.53. The zero-order valence-corrected chi connectivity index (χ0v) is 13.2. The van der Waals surface area contributed by atoms with Crippen molar-refractivity contribution in [1.82, 2.24) is 9.78 Å². The van der Waals surface area contributed by atoms with Gasteiger partial charge in [0.05, 0.1) is 11.4 Å². The fourth-order valence-electron chi connectivity index (χ4n) is 2.99. The lowest BCUT2D eigenvalue weighted by atomic mass is 10.1. The second-order valence-corrected chi connectivity index (χ2v) is 6.01. The van der Waals surface area contributed by atoms with E-state index in [2.05, 4.69) is 48.1 Å². The summed E-state index contributed by atoms with van der Waals surface area (Å²) >= 11 is 0. The van der Waals surface area contributed by atoms with Crippen LogP contribution in [0.5, 0.6) is 0 Å². The van der Waals surface area contributed by atoms with Crippen LogP contribution in [0.1, 0.15) is 49.4 Å². The zero-order chi connectivity index (χ0) is 14.7. The van der Waals surface area contributed by atoms with Crippen LogP contribution in [0.25, 0.3) is 5.69 Å². The Morgan fingerprint density at radius 2 is 2.00 bits per heavy atom. The molecule has 0 fully saturated rings. The number of rotatable bonds is 4. The Balaban J connectivity index is 2.02. The normalized spacial score (nSPS) is 14.4. The monoisotopic (exact) mass is 283 g/mol. The fourth-order valence-corrected chi connectivity index (χ4v) is 2.99. The topological polar surface area (TPSA) is 29.9 Å². The van der Waals surface area contributed by atoms with Crippen LogP contribution in [0.4, 0.5) is 5.82 Å². The Morgan fingerprint density at radius 1 is 1.19 bits per heavy atom. The Hall–Kier alpha value is -1.77. The molecule has 0 spiro atoms. The highest BCUT2D eigenvalue weighted by atomic mass is 15.3. The molecule has 112 valence electrons. The minimum atomic E-state index is 1.05. The number of fused-ring (bicyclic) bond motifs is 1. The molecule has 0 saturated heterocycles. The van der Waals surface area contributed by atoms with E-state index in [1.165, 1.54) is 48.3 Å². The zero-order valence-electron chi connectivity index (χ0n) is 13.2. The van der Waals surface area contributed by atoms with Gasteiger partial charge in [0.15, 0.2) is 0 Å². The number of hydrogen-bond acceptors (Lipinski definition) is 2. The first-order valence-electron chi connectivity index (χ1n) is 8.21. The van der Waals surface area contributed by atoms with Crippen LogP contribution >= 0.6 is 0 Å². The number of aromatic nitrogens is 2. The molecule has 21 heavy (non-hydrogen) atoms. The number of nitrogens with zero attached hydrogens (tertiary/aromatic N) is 2. The minimum Gasteiger partial charge on any atom is -0.370 e. The van der Waals surface area contributed by atoms with Crippen molar-refractivity contribution in [3.63, 3.8) is 0 Å². The number of benzene rings is 1. The largest absolute Gasteiger partial charge is 0.370 e. The molecule has 0 saturated carbocycles. The summed E-state index contributed by atoms with van der Waals surface area (Å²) in [6.07, 6.45) is 7.21. The van der Waals surface area contributed by atoms with Crippen molar-refractivity contribution in [2.24, 2.45) is 0 Å². The average Bonchev–Trinajstić information content (AvgIpc) is 2.68. The van der Waals surface area contributed by atoms with Gasteiger partial charge in [0, 0.05) is 12.1 Å². The van der Waals surface area contributed by atoms with Crippen molar-refractivity contribution in [3.05, 3.63) is 41.1 Å². The van der Waals surface area contributed by atoms with Crippen molar-refractivity contribution in [3.8, 4) is 5.69 Å². The van der Waals surface area contributed by atoms with E-state index in [0.29, 0.717) is 0 Å². The predicted octanol–water partition coefficient (Wildman–Crippen LogP) is 4.27. The van der Waals surface area contributed by atoms with Crippen LogP contribution in [0.15, 0.2) is 24.3 Å². The summed E-state index contributed by atoms with van der Waals surface area (Å²) in [6.45, 7) is 5.42. The van der Waals surface area contributed by atoms with Crippen molar-refractivity contribution < 1.29 is 0 Å². The number of hydrogen-bond donors (Lipinski definition) is 1. The molecule has 2 aromatic rings. The summed E-state index contributed by atoms with van der Waals surface area (Å²) in [4.78, 5) is 0. The van der Waals surface area contributed by atoms with Gasteiger partial charge in [0.25, 0.3) is 0 Å². The van der Waals surface area contributed by atoms with Crippen LogP contribution in [0, 0.1) is 6.92 Å². The summed E-state index contributed by atoms with van der Waals surface area (Å²) in [7, 11) is 0. The van der Waals surface area contributed by atoms with E-state index in [4.69, 9.17) is 5.10 Å². The Bertz CT molecular complexity index is 596. The summed E-state index contributed by atoms with van der Waals surface area (Å²) in [5.41, 5.74) is 5.19. The van der Waals surface area contributed by atoms with Gasteiger partial charge in [-0.15, -0.1) is 0 Å². The van der Waals surface area contributed by atoms with E-state index in [9.17, 15) is 0 Å². The molecule has 3 nitrogen and oxygen atoms in total. The lowest BCUT2D eigenvalue weighted by Crippen LogP contribution is -2.07. The quantitative estimate of drug-likeness (QED) is 0.908. The maximum Gasteiger partial charge on any atom is 0.133 e. The van der Waals surface area contributed by atoms with Crippen LogP contribution in [0.3, 0.4) is 0 Å². The highest BCUT2D eigenvalue weighted by molar-refractivity contribution is 5.54. The standard InChI is InChI=1S/C18H25N3/c1-3-4-8-17-16-7-5-6-13-19-18(16)21(20-17)15-11-9-14(2)10-12-15/h9-12,19H,3-8,13H2,1-2H3. The third-order valence-corrected chi connectivity index (χ3v) is 4.26. The van der Waals surface area contributed by atoms with E-state index >= 15 is 0 Å². The molecule has 2 heterocycles. The smallest absolute Gasteiger partial charge is 0.133 e. The Kier molecular flexibility index (Phi) is 4.28. The van der Waals surface area contributed by atoms with E-state index in [0.717, 1.165) is 25.1 Å². The van der Waals surface area contributed by atoms with Gasteiger partial charge in [-0.05, 0) is 51.2 Å². The second-order valence-electron chi connectivity index (χ2n) is 6.01. The molecule has 3 rings (SSSR count). The third kappa shape index (κ3) is 2.97. The Labute approximate surface area is 127 Å². The molecule has 1 aromatic heterocycles. The lowest BCUT2D eigenvalue weighted by Gasteiger charge is -2.09. The first kappa shape index (κ1) is 14.2. The van der Waals surface area contributed by atoms with Gasteiger partial charge in [-0.25, -0.2) is 4.68 Å². The van der Waals surface area contributed by atoms with Gasteiger partial charge >= 0.3 is 0 Å². The molecule has 1 aliphatic rings. The van der Waals surface area contributed by atoms with Crippen molar-refractivity contribution in [2.45, 2.75) is 52.4 Å². The first-order valence-corrected chi connectivity index (χ1v) is 8.21. The second kappa shape index (κ2) is 6.33. The summed E-state index contributed by atoms with van der Waals surface area (Å²) in [6, 6.07) is 8.65. The van der Waals surface area contributed by atoms with E-state index in [1.54, 1.807) is 0 Å². The highest BCUT2D eigenvalue weighted by Gasteiger charge is 2.19. The van der Waals surface area contributed by atoms with Gasteiger partial charge in [-0.2, -0.15) is 5.10 Å². The van der Waals surface area contributed by atoms with Gasteiger partial charge in [-0.3, -0.25) is 0 Å². The molecule has 1 aliphatic heterocycles. The predicted molar refractivity (Wildman–Crippen MR) is 88.3 cm³/mol. The lowest BCUT2D eigenvalue weighted by molar-refractivity contribution is 0.728. The van der Waals surface area contributed by atoms with Crippen LogP contribution in [-0.2, 0) is 12.8 Å². The van der Waals surface area contributed by atoms with E-state index in [-0.39, 0.29) is 0 Å².